The van der Waals surface area contributed by atoms with Crippen LogP contribution in [0.25, 0.3) is 0 Å². The lowest BCUT2D eigenvalue weighted by Crippen LogP contribution is -2.16. The van der Waals surface area contributed by atoms with E-state index in [4.69, 9.17) is 5.73 Å². The molecule has 0 saturated carbocycles. The summed E-state index contributed by atoms with van der Waals surface area (Å²) in [4.78, 5) is 23.5. The van der Waals surface area contributed by atoms with Gasteiger partial charge in [-0.1, -0.05) is 36.4 Å². The lowest BCUT2D eigenvalue weighted by atomic mass is 9.97. The minimum absolute atomic E-state index is 0.0175. The summed E-state index contributed by atoms with van der Waals surface area (Å²) in [6.07, 6.45) is 0. The highest BCUT2D eigenvalue weighted by atomic mass is 16.3. The first kappa shape index (κ1) is 11.9. The molecule has 0 bridgehead atoms. The third-order valence-electron chi connectivity index (χ3n) is 2.57. The third kappa shape index (κ3) is 2.08. The molecule has 18 heavy (non-hydrogen) atoms. The van der Waals surface area contributed by atoms with E-state index in [1.54, 1.807) is 30.3 Å². The summed E-state index contributed by atoms with van der Waals surface area (Å²) in [5, 5.41) is 9.74. The van der Waals surface area contributed by atoms with Crippen LogP contribution in [0.4, 0.5) is 0 Å². The Morgan fingerprint density at radius 3 is 2.22 bits per heavy atom. The number of carbonyl (C=O) groups is 2. The van der Waals surface area contributed by atoms with Crippen molar-refractivity contribution in [1.29, 1.82) is 0 Å². The highest BCUT2D eigenvalue weighted by Crippen LogP contribution is 2.24. The van der Waals surface area contributed by atoms with Gasteiger partial charge in [0, 0.05) is 5.56 Å². The number of phenols is 1. The number of aromatic hydroxyl groups is 1. The van der Waals surface area contributed by atoms with Gasteiger partial charge in [0.15, 0.2) is 5.78 Å². The van der Waals surface area contributed by atoms with Crippen molar-refractivity contribution in [3.05, 3.63) is 65.2 Å². The van der Waals surface area contributed by atoms with Crippen LogP contribution in [0.1, 0.15) is 26.3 Å². The molecule has 0 aliphatic carbocycles. The van der Waals surface area contributed by atoms with E-state index in [1.807, 2.05) is 0 Å². The first-order chi connectivity index (χ1) is 8.61. The van der Waals surface area contributed by atoms with Gasteiger partial charge in [0.1, 0.15) is 5.75 Å². The average molecular weight is 241 g/mol. The van der Waals surface area contributed by atoms with Crippen molar-refractivity contribution >= 4 is 11.7 Å². The molecular formula is C14H11NO3. The number of hydrogen-bond acceptors (Lipinski definition) is 3. The SMILES string of the molecule is NC(=O)c1cccc(O)c1C(=O)c1ccccc1. The van der Waals surface area contributed by atoms with Crippen molar-refractivity contribution in [2.24, 2.45) is 5.73 Å². The van der Waals surface area contributed by atoms with Crippen molar-refractivity contribution in [1.82, 2.24) is 0 Å². The van der Waals surface area contributed by atoms with Crippen LogP contribution in [0.3, 0.4) is 0 Å². The van der Waals surface area contributed by atoms with Gasteiger partial charge < -0.3 is 10.8 Å². The summed E-state index contributed by atoms with van der Waals surface area (Å²) in [7, 11) is 0. The van der Waals surface area contributed by atoms with Gasteiger partial charge in [0.25, 0.3) is 0 Å². The van der Waals surface area contributed by atoms with E-state index in [-0.39, 0.29) is 16.9 Å². The van der Waals surface area contributed by atoms with E-state index in [1.165, 1.54) is 18.2 Å². The largest absolute Gasteiger partial charge is 0.507 e. The average Bonchev–Trinajstić information content (AvgIpc) is 2.38. The number of rotatable bonds is 3. The maximum absolute atomic E-state index is 12.2. The zero-order chi connectivity index (χ0) is 13.1. The van der Waals surface area contributed by atoms with Crippen molar-refractivity contribution in [3.8, 4) is 5.75 Å². The van der Waals surface area contributed by atoms with Crippen LogP contribution < -0.4 is 5.73 Å². The summed E-state index contributed by atoms with van der Waals surface area (Å²) >= 11 is 0. The van der Waals surface area contributed by atoms with Gasteiger partial charge >= 0.3 is 0 Å². The predicted octanol–water partition coefficient (Wildman–Crippen LogP) is 1.72. The number of benzene rings is 2. The third-order valence-corrected chi connectivity index (χ3v) is 2.57. The first-order valence-electron chi connectivity index (χ1n) is 5.33. The molecule has 0 spiro atoms. The summed E-state index contributed by atoms with van der Waals surface area (Å²) < 4.78 is 0. The normalized spacial score (nSPS) is 10.0. The maximum atomic E-state index is 12.2. The van der Waals surface area contributed by atoms with E-state index < -0.39 is 11.7 Å². The Hall–Kier alpha value is -2.62. The first-order valence-corrected chi connectivity index (χ1v) is 5.33. The van der Waals surface area contributed by atoms with Crippen molar-refractivity contribution in [2.75, 3.05) is 0 Å². The lowest BCUT2D eigenvalue weighted by Gasteiger charge is -2.07. The molecule has 0 heterocycles. The van der Waals surface area contributed by atoms with E-state index in [9.17, 15) is 14.7 Å². The highest BCUT2D eigenvalue weighted by Gasteiger charge is 2.20. The van der Waals surface area contributed by atoms with Gasteiger partial charge in [0.2, 0.25) is 5.91 Å². The van der Waals surface area contributed by atoms with Gasteiger partial charge in [-0.15, -0.1) is 0 Å². The minimum Gasteiger partial charge on any atom is -0.507 e. The van der Waals surface area contributed by atoms with E-state index in [0.717, 1.165) is 0 Å². The molecule has 0 atom stereocenters. The highest BCUT2D eigenvalue weighted by molar-refractivity contribution is 6.16. The lowest BCUT2D eigenvalue weighted by molar-refractivity contribution is 0.0979. The van der Waals surface area contributed by atoms with Crippen LogP contribution in [0.5, 0.6) is 5.75 Å². The Morgan fingerprint density at radius 2 is 1.61 bits per heavy atom. The zero-order valence-corrected chi connectivity index (χ0v) is 9.46. The Morgan fingerprint density at radius 1 is 0.944 bits per heavy atom. The monoisotopic (exact) mass is 241 g/mol. The van der Waals surface area contributed by atoms with Crippen LogP contribution in [-0.2, 0) is 0 Å². The fraction of sp³-hybridized carbons (Fsp3) is 0. The zero-order valence-electron chi connectivity index (χ0n) is 9.46. The second-order valence-corrected chi connectivity index (χ2v) is 3.76. The van der Waals surface area contributed by atoms with Crippen LogP contribution >= 0.6 is 0 Å². The molecule has 2 rings (SSSR count). The number of carbonyl (C=O) groups excluding carboxylic acids is 2. The second kappa shape index (κ2) is 4.71. The van der Waals surface area contributed by atoms with Gasteiger partial charge in [-0.05, 0) is 12.1 Å². The molecule has 3 N–H and O–H groups in total. The molecule has 0 fully saturated rings. The molecule has 0 radical (unpaired) electrons. The van der Waals surface area contributed by atoms with Crippen molar-refractivity contribution < 1.29 is 14.7 Å². The molecule has 90 valence electrons. The van der Waals surface area contributed by atoms with E-state index >= 15 is 0 Å². The molecule has 1 amide bonds. The van der Waals surface area contributed by atoms with Gasteiger partial charge in [-0.2, -0.15) is 0 Å². The second-order valence-electron chi connectivity index (χ2n) is 3.76. The number of hydrogen-bond donors (Lipinski definition) is 2. The van der Waals surface area contributed by atoms with Crippen molar-refractivity contribution in [2.45, 2.75) is 0 Å². The van der Waals surface area contributed by atoms with Gasteiger partial charge in [0.05, 0.1) is 11.1 Å². The van der Waals surface area contributed by atoms with Crippen LogP contribution in [0.2, 0.25) is 0 Å². The molecule has 0 unspecified atom stereocenters. The number of nitrogens with two attached hydrogens (primary N) is 1. The molecule has 0 aromatic heterocycles. The summed E-state index contributed by atoms with van der Waals surface area (Å²) in [6, 6.07) is 12.6. The number of amides is 1. The summed E-state index contributed by atoms with van der Waals surface area (Å²) in [5.41, 5.74) is 5.55. The van der Waals surface area contributed by atoms with Gasteiger partial charge in [-0.25, -0.2) is 0 Å². The molecule has 0 aliphatic heterocycles. The number of primary amides is 1. The molecule has 0 saturated heterocycles. The number of ketones is 1. The Bertz CT molecular complexity index is 606. The fourth-order valence-corrected chi connectivity index (χ4v) is 1.72. The van der Waals surface area contributed by atoms with Crippen molar-refractivity contribution in [3.63, 3.8) is 0 Å². The Balaban J connectivity index is 2.58. The molecule has 2 aromatic rings. The fourth-order valence-electron chi connectivity index (χ4n) is 1.72. The Labute approximate surface area is 104 Å². The van der Waals surface area contributed by atoms with Crippen LogP contribution in [0, 0.1) is 0 Å². The molecule has 2 aromatic carbocycles. The molecular weight excluding hydrogens is 230 g/mol. The summed E-state index contributed by atoms with van der Waals surface area (Å²) in [6.45, 7) is 0. The smallest absolute Gasteiger partial charge is 0.249 e. The standard InChI is InChI=1S/C14H11NO3/c15-14(18)10-7-4-8-11(16)12(10)13(17)9-5-2-1-3-6-9/h1-8,16H,(H2,15,18). The minimum atomic E-state index is -0.745. The quantitative estimate of drug-likeness (QED) is 0.803. The maximum Gasteiger partial charge on any atom is 0.249 e. The molecule has 0 aliphatic rings. The van der Waals surface area contributed by atoms with Crippen LogP contribution in [0.15, 0.2) is 48.5 Å². The predicted molar refractivity (Wildman–Crippen MR) is 66.5 cm³/mol. The Kier molecular flexibility index (Phi) is 3.10. The van der Waals surface area contributed by atoms with E-state index in [0.29, 0.717) is 5.56 Å². The van der Waals surface area contributed by atoms with Crippen LogP contribution in [-0.4, -0.2) is 16.8 Å². The molecule has 4 nitrogen and oxygen atoms in total. The van der Waals surface area contributed by atoms with E-state index in [2.05, 4.69) is 0 Å². The molecule has 4 heteroatoms. The van der Waals surface area contributed by atoms with Gasteiger partial charge in [-0.3, -0.25) is 9.59 Å². The number of phenolic OH excluding ortho intramolecular Hbond substituents is 1. The topological polar surface area (TPSA) is 80.4 Å². The summed E-state index contributed by atoms with van der Waals surface area (Å²) in [5.74, 6) is -1.42.